The molecule has 1 saturated heterocycles. The van der Waals surface area contributed by atoms with Gasteiger partial charge in [0.2, 0.25) is 5.91 Å². The summed E-state index contributed by atoms with van der Waals surface area (Å²) in [4.78, 5) is 37.5. The zero-order valence-electron chi connectivity index (χ0n) is 11.0. The van der Waals surface area contributed by atoms with Gasteiger partial charge in [-0.3, -0.25) is 14.9 Å². The van der Waals surface area contributed by atoms with Crippen LogP contribution in [0.1, 0.15) is 19.8 Å². The van der Waals surface area contributed by atoms with Crippen molar-refractivity contribution >= 4 is 17.8 Å². The standard InChI is InChI=1S/C12H19N3O3/c1-4-5-9(11(17)14(2)3)8-15-7-6-10(16)13-12(15)18/h5H,4,6-8H2,1-3H3,(H,13,16,18)/b9-5-. The number of amides is 4. The number of rotatable bonds is 4. The van der Waals surface area contributed by atoms with Crippen LogP contribution < -0.4 is 5.32 Å². The van der Waals surface area contributed by atoms with Crippen LogP contribution in [0.4, 0.5) is 4.79 Å². The molecule has 0 spiro atoms. The number of likely N-dealkylation sites (N-methyl/N-ethyl adjacent to an activating group) is 1. The molecule has 0 atom stereocenters. The van der Waals surface area contributed by atoms with Crippen molar-refractivity contribution in [2.45, 2.75) is 19.8 Å². The lowest BCUT2D eigenvalue weighted by molar-refractivity contribution is -0.124. The maximum absolute atomic E-state index is 11.9. The van der Waals surface area contributed by atoms with Gasteiger partial charge in [-0.15, -0.1) is 0 Å². The largest absolute Gasteiger partial charge is 0.345 e. The van der Waals surface area contributed by atoms with Gasteiger partial charge < -0.3 is 9.80 Å². The topological polar surface area (TPSA) is 69.7 Å². The zero-order valence-corrected chi connectivity index (χ0v) is 11.0. The van der Waals surface area contributed by atoms with Gasteiger partial charge in [-0.25, -0.2) is 4.79 Å². The van der Waals surface area contributed by atoms with Gasteiger partial charge in [0.1, 0.15) is 0 Å². The minimum absolute atomic E-state index is 0.110. The molecule has 0 unspecified atom stereocenters. The average Bonchev–Trinajstić information content (AvgIpc) is 2.30. The molecule has 1 heterocycles. The van der Waals surface area contributed by atoms with Gasteiger partial charge in [-0.05, 0) is 6.42 Å². The monoisotopic (exact) mass is 253 g/mol. The highest BCUT2D eigenvalue weighted by Gasteiger charge is 2.25. The number of urea groups is 1. The summed E-state index contributed by atoms with van der Waals surface area (Å²) in [5.41, 5.74) is 0.576. The fourth-order valence-corrected chi connectivity index (χ4v) is 1.71. The van der Waals surface area contributed by atoms with Crippen molar-refractivity contribution in [2.75, 3.05) is 27.2 Å². The van der Waals surface area contributed by atoms with Gasteiger partial charge >= 0.3 is 6.03 Å². The van der Waals surface area contributed by atoms with E-state index in [0.29, 0.717) is 12.1 Å². The van der Waals surface area contributed by atoms with Crippen molar-refractivity contribution in [3.05, 3.63) is 11.6 Å². The molecule has 18 heavy (non-hydrogen) atoms. The Bertz CT molecular complexity index is 388. The predicted octanol–water partition coefficient (Wildman–Crippen LogP) is 0.353. The molecule has 1 fully saturated rings. The third-order valence-electron chi connectivity index (χ3n) is 2.63. The predicted molar refractivity (Wildman–Crippen MR) is 66.8 cm³/mol. The SMILES string of the molecule is CC/C=C(/CN1CCC(=O)NC1=O)C(=O)N(C)C. The number of hydrogen-bond donors (Lipinski definition) is 1. The van der Waals surface area contributed by atoms with Crippen LogP contribution >= 0.6 is 0 Å². The molecule has 0 radical (unpaired) electrons. The summed E-state index contributed by atoms with van der Waals surface area (Å²) in [6.45, 7) is 2.53. The van der Waals surface area contributed by atoms with Crippen LogP contribution in [0.5, 0.6) is 0 Å². The summed E-state index contributed by atoms with van der Waals surface area (Å²) >= 11 is 0. The van der Waals surface area contributed by atoms with E-state index in [4.69, 9.17) is 0 Å². The van der Waals surface area contributed by atoms with Crippen LogP contribution in [-0.4, -0.2) is 54.8 Å². The van der Waals surface area contributed by atoms with Crippen molar-refractivity contribution in [2.24, 2.45) is 0 Å². The molecular weight excluding hydrogens is 234 g/mol. The number of carbonyl (C=O) groups excluding carboxylic acids is 3. The maximum atomic E-state index is 11.9. The number of imide groups is 1. The lowest BCUT2D eigenvalue weighted by Gasteiger charge is -2.27. The molecule has 0 aromatic rings. The number of nitrogens with one attached hydrogen (secondary N) is 1. The molecule has 0 aromatic carbocycles. The van der Waals surface area contributed by atoms with E-state index in [2.05, 4.69) is 5.32 Å². The van der Waals surface area contributed by atoms with Gasteiger partial charge in [0.15, 0.2) is 0 Å². The maximum Gasteiger partial charge on any atom is 0.324 e. The Morgan fingerprint density at radius 1 is 1.44 bits per heavy atom. The van der Waals surface area contributed by atoms with E-state index in [1.807, 2.05) is 13.0 Å². The van der Waals surface area contributed by atoms with Crippen LogP contribution in [0.25, 0.3) is 0 Å². The number of nitrogens with zero attached hydrogens (tertiary/aromatic N) is 2. The highest BCUT2D eigenvalue weighted by atomic mass is 16.2. The smallest absolute Gasteiger partial charge is 0.324 e. The first kappa shape index (κ1) is 14.2. The second kappa shape index (κ2) is 6.18. The van der Waals surface area contributed by atoms with Gasteiger partial charge in [0, 0.05) is 32.6 Å². The van der Waals surface area contributed by atoms with E-state index < -0.39 is 6.03 Å². The van der Waals surface area contributed by atoms with Crippen molar-refractivity contribution in [3.8, 4) is 0 Å². The Morgan fingerprint density at radius 3 is 2.61 bits per heavy atom. The second-order valence-corrected chi connectivity index (χ2v) is 4.36. The lowest BCUT2D eigenvalue weighted by Crippen LogP contribution is -2.50. The molecule has 1 N–H and O–H groups in total. The van der Waals surface area contributed by atoms with Crippen molar-refractivity contribution in [1.82, 2.24) is 15.1 Å². The highest BCUT2D eigenvalue weighted by Crippen LogP contribution is 2.08. The molecule has 6 nitrogen and oxygen atoms in total. The van der Waals surface area contributed by atoms with E-state index in [0.717, 1.165) is 6.42 Å². The molecule has 0 saturated carbocycles. The number of allylic oxidation sites excluding steroid dienone is 1. The number of carbonyl (C=O) groups is 3. The van der Waals surface area contributed by atoms with Crippen molar-refractivity contribution in [1.29, 1.82) is 0 Å². The number of hydrogen-bond acceptors (Lipinski definition) is 3. The average molecular weight is 253 g/mol. The fraction of sp³-hybridized carbons (Fsp3) is 0.583. The minimum atomic E-state index is -0.431. The van der Waals surface area contributed by atoms with Crippen LogP contribution in [0.2, 0.25) is 0 Å². The Labute approximate surface area is 107 Å². The lowest BCUT2D eigenvalue weighted by atomic mass is 10.1. The molecule has 6 heteroatoms. The fourth-order valence-electron chi connectivity index (χ4n) is 1.71. The first-order chi connectivity index (χ1) is 8.45. The molecule has 1 aliphatic rings. The Morgan fingerprint density at radius 2 is 2.11 bits per heavy atom. The third-order valence-corrected chi connectivity index (χ3v) is 2.63. The van der Waals surface area contributed by atoms with Gasteiger partial charge in [0.25, 0.3) is 5.91 Å². The third kappa shape index (κ3) is 3.58. The van der Waals surface area contributed by atoms with Gasteiger partial charge in [-0.2, -0.15) is 0 Å². The van der Waals surface area contributed by atoms with E-state index in [-0.39, 0.29) is 24.8 Å². The quantitative estimate of drug-likeness (QED) is 0.735. The van der Waals surface area contributed by atoms with Crippen LogP contribution in [0.15, 0.2) is 11.6 Å². The first-order valence-corrected chi connectivity index (χ1v) is 5.95. The summed E-state index contributed by atoms with van der Waals surface area (Å²) < 4.78 is 0. The van der Waals surface area contributed by atoms with E-state index in [1.165, 1.54) is 9.80 Å². The molecule has 0 aliphatic carbocycles. The molecule has 0 aromatic heterocycles. The Kier molecular flexibility index (Phi) is 4.88. The summed E-state index contributed by atoms with van der Waals surface area (Å²) in [7, 11) is 3.34. The molecular formula is C12H19N3O3. The van der Waals surface area contributed by atoms with E-state index in [9.17, 15) is 14.4 Å². The van der Waals surface area contributed by atoms with Gasteiger partial charge in [0.05, 0.1) is 6.54 Å². The summed E-state index contributed by atoms with van der Waals surface area (Å²) in [5.74, 6) is -0.377. The van der Waals surface area contributed by atoms with Gasteiger partial charge in [-0.1, -0.05) is 13.0 Å². The molecule has 1 rings (SSSR count). The highest BCUT2D eigenvalue weighted by molar-refractivity contribution is 5.98. The molecule has 4 amide bonds. The summed E-state index contributed by atoms with van der Waals surface area (Å²) in [5, 5.41) is 2.24. The Hall–Kier alpha value is -1.85. The van der Waals surface area contributed by atoms with Crippen molar-refractivity contribution < 1.29 is 14.4 Å². The summed E-state index contributed by atoms with van der Waals surface area (Å²) in [6.07, 6.45) is 2.82. The molecule has 100 valence electrons. The Balaban J connectivity index is 2.73. The minimum Gasteiger partial charge on any atom is -0.345 e. The van der Waals surface area contributed by atoms with E-state index in [1.54, 1.807) is 14.1 Å². The normalized spacial score (nSPS) is 16.6. The summed E-state index contributed by atoms with van der Waals surface area (Å²) in [6, 6.07) is -0.431. The first-order valence-electron chi connectivity index (χ1n) is 5.95. The van der Waals surface area contributed by atoms with Crippen molar-refractivity contribution in [3.63, 3.8) is 0 Å². The van der Waals surface area contributed by atoms with Crippen LogP contribution in [0, 0.1) is 0 Å². The van der Waals surface area contributed by atoms with E-state index >= 15 is 0 Å². The zero-order chi connectivity index (χ0) is 13.7. The molecule has 0 bridgehead atoms. The molecule has 1 aliphatic heterocycles. The second-order valence-electron chi connectivity index (χ2n) is 4.36. The van der Waals surface area contributed by atoms with Crippen LogP contribution in [0.3, 0.4) is 0 Å². The van der Waals surface area contributed by atoms with Crippen LogP contribution in [-0.2, 0) is 9.59 Å².